The minimum atomic E-state index is 0.375. The van der Waals surface area contributed by atoms with Crippen LogP contribution in [-0.2, 0) is 0 Å². The van der Waals surface area contributed by atoms with Crippen LogP contribution in [0.1, 0.15) is 23.2 Å². The zero-order chi connectivity index (χ0) is 11.8. The number of pyridine rings is 1. The summed E-state index contributed by atoms with van der Waals surface area (Å²) in [6.45, 7) is 5.78. The van der Waals surface area contributed by atoms with Gasteiger partial charge in [-0.2, -0.15) is 4.98 Å². The zero-order valence-corrected chi connectivity index (χ0v) is 9.90. The van der Waals surface area contributed by atoms with Gasteiger partial charge in [-0.3, -0.25) is 4.98 Å². The molecule has 0 saturated carbocycles. The van der Waals surface area contributed by atoms with E-state index in [0.29, 0.717) is 11.7 Å². The standard InChI is InChI=1S/C12H14N4O/c1-7-3-9(4-8(2)14-7)11-15-12(17-16-11)10-5-13-6-10/h3-4,10,13H,5-6H2,1-2H3. The molecule has 0 aromatic carbocycles. The Morgan fingerprint density at radius 3 is 2.47 bits per heavy atom. The topological polar surface area (TPSA) is 63.8 Å². The molecule has 3 rings (SSSR count). The van der Waals surface area contributed by atoms with Crippen LogP contribution in [0.3, 0.4) is 0 Å². The van der Waals surface area contributed by atoms with E-state index >= 15 is 0 Å². The Labute approximate surface area is 99.3 Å². The molecule has 0 aliphatic carbocycles. The maximum Gasteiger partial charge on any atom is 0.232 e. The summed E-state index contributed by atoms with van der Waals surface area (Å²) in [6, 6.07) is 3.95. The largest absolute Gasteiger partial charge is 0.339 e. The molecule has 0 radical (unpaired) electrons. The van der Waals surface area contributed by atoms with Crippen LogP contribution in [0.25, 0.3) is 11.4 Å². The zero-order valence-electron chi connectivity index (χ0n) is 9.90. The minimum Gasteiger partial charge on any atom is -0.339 e. The Morgan fingerprint density at radius 1 is 1.18 bits per heavy atom. The molecule has 1 aliphatic heterocycles. The minimum absolute atomic E-state index is 0.375. The molecular formula is C12H14N4O. The summed E-state index contributed by atoms with van der Waals surface area (Å²) >= 11 is 0. The first-order valence-electron chi connectivity index (χ1n) is 5.72. The van der Waals surface area contributed by atoms with Gasteiger partial charge in [-0.15, -0.1) is 0 Å². The smallest absolute Gasteiger partial charge is 0.232 e. The highest BCUT2D eigenvalue weighted by molar-refractivity contribution is 5.55. The summed E-state index contributed by atoms with van der Waals surface area (Å²) in [5.74, 6) is 1.76. The number of aryl methyl sites for hydroxylation is 2. The molecule has 17 heavy (non-hydrogen) atoms. The van der Waals surface area contributed by atoms with Crippen molar-refractivity contribution in [2.45, 2.75) is 19.8 Å². The van der Waals surface area contributed by atoms with Gasteiger partial charge in [0.15, 0.2) is 0 Å². The molecule has 5 nitrogen and oxygen atoms in total. The van der Waals surface area contributed by atoms with E-state index in [-0.39, 0.29) is 0 Å². The molecule has 0 atom stereocenters. The fourth-order valence-electron chi connectivity index (χ4n) is 1.95. The van der Waals surface area contributed by atoms with Crippen LogP contribution in [-0.4, -0.2) is 28.2 Å². The normalized spacial score (nSPS) is 15.9. The summed E-state index contributed by atoms with van der Waals surface area (Å²) in [7, 11) is 0. The third-order valence-corrected chi connectivity index (χ3v) is 2.91. The van der Waals surface area contributed by atoms with Crippen molar-refractivity contribution in [3.05, 3.63) is 29.4 Å². The van der Waals surface area contributed by atoms with Crippen LogP contribution in [0.5, 0.6) is 0 Å². The lowest BCUT2D eigenvalue weighted by molar-refractivity contribution is 0.308. The SMILES string of the molecule is Cc1cc(-c2noc(C3CNC3)n2)cc(C)n1. The third-order valence-electron chi connectivity index (χ3n) is 2.91. The second-order valence-corrected chi connectivity index (χ2v) is 4.45. The molecule has 0 unspecified atom stereocenters. The van der Waals surface area contributed by atoms with Crippen molar-refractivity contribution in [2.75, 3.05) is 13.1 Å². The van der Waals surface area contributed by atoms with Crippen molar-refractivity contribution >= 4 is 0 Å². The van der Waals surface area contributed by atoms with Crippen molar-refractivity contribution < 1.29 is 4.52 Å². The van der Waals surface area contributed by atoms with E-state index in [1.807, 2.05) is 26.0 Å². The van der Waals surface area contributed by atoms with Gasteiger partial charge in [0.1, 0.15) is 0 Å². The lowest BCUT2D eigenvalue weighted by Gasteiger charge is -2.22. The maximum atomic E-state index is 5.28. The van der Waals surface area contributed by atoms with Crippen LogP contribution in [0, 0.1) is 13.8 Å². The van der Waals surface area contributed by atoms with E-state index < -0.39 is 0 Å². The summed E-state index contributed by atoms with van der Waals surface area (Å²) < 4.78 is 5.28. The molecule has 1 N–H and O–H groups in total. The van der Waals surface area contributed by atoms with E-state index in [9.17, 15) is 0 Å². The van der Waals surface area contributed by atoms with Gasteiger partial charge in [-0.05, 0) is 26.0 Å². The van der Waals surface area contributed by atoms with Gasteiger partial charge in [0.05, 0.1) is 5.92 Å². The quantitative estimate of drug-likeness (QED) is 0.845. The number of nitrogens with one attached hydrogen (secondary N) is 1. The summed E-state index contributed by atoms with van der Waals surface area (Å²) in [5, 5.41) is 7.22. The Balaban J connectivity index is 1.94. The van der Waals surface area contributed by atoms with Gasteiger partial charge in [0, 0.05) is 30.0 Å². The monoisotopic (exact) mass is 230 g/mol. The van der Waals surface area contributed by atoms with Gasteiger partial charge in [-0.1, -0.05) is 5.16 Å². The van der Waals surface area contributed by atoms with Crippen LogP contribution in [0.15, 0.2) is 16.7 Å². The number of rotatable bonds is 2. The van der Waals surface area contributed by atoms with Crippen molar-refractivity contribution in [2.24, 2.45) is 0 Å². The van der Waals surface area contributed by atoms with Crippen molar-refractivity contribution in [1.82, 2.24) is 20.4 Å². The highest BCUT2D eigenvalue weighted by Crippen LogP contribution is 2.22. The van der Waals surface area contributed by atoms with E-state index in [1.165, 1.54) is 0 Å². The van der Waals surface area contributed by atoms with E-state index in [4.69, 9.17) is 4.52 Å². The summed E-state index contributed by atoms with van der Waals surface area (Å²) in [4.78, 5) is 8.77. The fourth-order valence-corrected chi connectivity index (χ4v) is 1.95. The molecule has 88 valence electrons. The number of aromatic nitrogens is 3. The first kappa shape index (κ1) is 10.4. The predicted octanol–water partition coefficient (Wildman–Crippen LogP) is 1.44. The Hall–Kier alpha value is -1.75. The first-order chi connectivity index (χ1) is 8.22. The van der Waals surface area contributed by atoms with Crippen LogP contribution < -0.4 is 5.32 Å². The average Bonchev–Trinajstić information content (AvgIpc) is 2.62. The molecular weight excluding hydrogens is 216 g/mol. The highest BCUT2D eigenvalue weighted by Gasteiger charge is 2.25. The van der Waals surface area contributed by atoms with Gasteiger partial charge >= 0.3 is 0 Å². The highest BCUT2D eigenvalue weighted by atomic mass is 16.5. The molecule has 2 aromatic heterocycles. The van der Waals surface area contributed by atoms with Crippen LogP contribution >= 0.6 is 0 Å². The molecule has 3 heterocycles. The molecule has 1 saturated heterocycles. The average molecular weight is 230 g/mol. The molecule has 0 spiro atoms. The van der Waals surface area contributed by atoms with Gasteiger partial charge in [0.25, 0.3) is 0 Å². The maximum absolute atomic E-state index is 5.28. The first-order valence-corrected chi connectivity index (χ1v) is 5.72. The van der Waals surface area contributed by atoms with Crippen molar-refractivity contribution in [3.8, 4) is 11.4 Å². The molecule has 1 fully saturated rings. The fraction of sp³-hybridized carbons (Fsp3) is 0.417. The van der Waals surface area contributed by atoms with E-state index in [1.54, 1.807) is 0 Å². The lowest BCUT2D eigenvalue weighted by atomic mass is 10.0. The molecule has 5 heteroatoms. The van der Waals surface area contributed by atoms with Gasteiger partial charge < -0.3 is 9.84 Å². The summed E-state index contributed by atoms with van der Waals surface area (Å²) in [6.07, 6.45) is 0. The number of hydrogen-bond acceptors (Lipinski definition) is 5. The molecule has 2 aromatic rings. The molecule has 0 bridgehead atoms. The number of nitrogens with zero attached hydrogens (tertiary/aromatic N) is 3. The predicted molar refractivity (Wildman–Crippen MR) is 62.6 cm³/mol. The van der Waals surface area contributed by atoms with E-state index in [2.05, 4.69) is 20.4 Å². The molecule has 0 amide bonds. The van der Waals surface area contributed by atoms with Crippen LogP contribution in [0.2, 0.25) is 0 Å². The van der Waals surface area contributed by atoms with Gasteiger partial charge in [-0.25, -0.2) is 0 Å². The number of hydrogen-bond donors (Lipinski definition) is 1. The summed E-state index contributed by atoms with van der Waals surface area (Å²) in [5.41, 5.74) is 2.91. The Morgan fingerprint density at radius 2 is 1.88 bits per heavy atom. The third kappa shape index (κ3) is 1.93. The Bertz CT molecular complexity index is 525. The van der Waals surface area contributed by atoms with Crippen molar-refractivity contribution in [1.29, 1.82) is 0 Å². The van der Waals surface area contributed by atoms with Crippen LogP contribution in [0.4, 0.5) is 0 Å². The molecule has 1 aliphatic rings. The Kier molecular flexibility index (Phi) is 2.40. The van der Waals surface area contributed by atoms with E-state index in [0.717, 1.165) is 35.9 Å². The second-order valence-electron chi connectivity index (χ2n) is 4.45. The van der Waals surface area contributed by atoms with Gasteiger partial charge in [0.2, 0.25) is 11.7 Å². The van der Waals surface area contributed by atoms with Crippen molar-refractivity contribution in [3.63, 3.8) is 0 Å². The second kappa shape index (κ2) is 3.92. The lowest BCUT2D eigenvalue weighted by Crippen LogP contribution is -2.40.